The zero-order chi connectivity index (χ0) is 14.6. The summed E-state index contributed by atoms with van der Waals surface area (Å²) < 4.78 is 5.40. The molecule has 1 rings (SSSR count). The molecular weight excluding hydrogens is 242 g/mol. The molecule has 0 saturated carbocycles. The van der Waals surface area contributed by atoms with Crippen molar-refractivity contribution in [1.82, 2.24) is 4.90 Å². The summed E-state index contributed by atoms with van der Waals surface area (Å²) in [5, 5.41) is 8.70. The Balaban J connectivity index is 2.87. The maximum absolute atomic E-state index is 10.6. The number of nitrogens with zero attached hydrogens (tertiary/aromatic N) is 1. The van der Waals surface area contributed by atoms with Crippen molar-refractivity contribution in [2.75, 3.05) is 20.7 Å². The van der Waals surface area contributed by atoms with Gasteiger partial charge in [-0.25, -0.2) is 0 Å². The van der Waals surface area contributed by atoms with Crippen LogP contribution in [0.25, 0.3) is 0 Å². The first-order valence-electron chi connectivity index (χ1n) is 6.40. The number of aryl methyl sites for hydroxylation is 1. The number of hydrogen-bond donors (Lipinski definition) is 1. The molecule has 0 bridgehead atoms. The van der Waals surface area contributed by atoms with Crippen LogP contribution in [-0.2, 0) is 11.3 Å². The van der Waals surface area contributed by atoms with Gasteiger partial charge in [0.1, 0.15) is 5.75 Å². The van der Waals surface area contributed by atoms with Crippen molar-refractivity contribution < 1.29 is 14.6 Å². The van der Waals surface area contributed by atoms with E-state index in [1.807, 2.05) is 18.9 Å². The predicted octanol–water partition coefficient (Wildman–Crippen LogP) is 2.53. The largest absolute Gasteiger partial charge is 0.496 e. The van der Waals surface area contributed by atoms with Crippen molar-refractivity contribution in [3.63, 3.8) is 0 Å². The van der Waals surface area contributed by atoms with Crippen LogP contribution in [0.15, 0.2) is 6.07 Å². The zero-order valence-electron chi connectivity index (χ0n) is 12.4. The molecule has 0 aliphatic carbocycles. The fraction of sp³-hybridized carbons (Fsp3) is 0.533. The van der Waals surface area contributed by atoms with Crippen molar-refractivity contribution in [2.45, 2.75) is 33.7 Å². The average molecular weight is 265 g/mol. The van der Waals surface area contributed by atoms with Crippen molar-refractivity contribution >= 4 is 5.97 Å². The molecule has 4 nitrogen and oxygen atoms in total. The standard InChI is InChI=1S/C15H23NO3/c1-10-8-13(9-16(4)7-6-14(17)18)11(2)12(3)15(10)19-5/h8H,6-7,9H2,1-5H3,(H,17,18). The van der Waals surface area contributed by atoms with Gasteiger partial charge in [-0.05, 0) is 50.1 Å². The van der Waals surface area contributed by atoms with Gasteiger partial charge in [0, 0.05) is 13.1 Å². The van der Waals surface area contributed by atoms with E-state index in [2.05, 4.69) is 19.9 Å². The van der Waals surface area contributed by atoms with E-state index in [4.69, 9.17) is 9.84 Å². The van der Waals surface area contributed by atoms with E-state index in [9.17, 15) is 4.79 Å². The van der Waals surface area contributed by atoms with Gasteiger partial charge < -0.3 is 14.7 Å². The topological polar surface area (TPSA) is 49.8 Å². The Hall–Kier alpha value is -1.55. The molecule has 0 aliphatic heterocycles. The summed E-state index contributed by atoms with van der Waals surface area (Å²) in [4.78, 5) is 12.6. The van der Waals surface area contributed by atoms with Crippen molar-refractivity contribution in [1.29, 1.82) is 0 Å². The van der Waals surface area contributed by atoms with Crippen molar-refractivity contribution in [3.8, 4) is 5.75 Å². The Kier molecular flexibility index (Phi) is 5.36. The van der Waals surface area contributed by atoms with Crippen LogP contribution < -0.4 is 4.74 Å². The Morgan fingerprint density at radius 3 is 2.47 bits per heavy atom. The van der Waals surface area contributed by atoms with Crippen LogP contribution >= 0.6 is 0 Å². The lowest BCUT2D eigenvalue weighted by molar-refractivity contribution is -0.137. The first-order chi connectivity index (χ1) is 8.86. The number of rotatable bonds is 6. The van der Waals surface area contributed by atoms with Crippen LogP contribution in [0.5, 0.6) is 5.75 Å². The molecular formula is C15H23NO3. The minimum absolute atomic E-state index is 0.170. The monoisotopic (exact) mass is 265 g/mol. The molecule has 1 aromatic rings. The van der Waals surface area contributed by atoms with E-state index in [-0.39, 0.29) is 6.42 Å². The SMILES string of the molecule is COc1c(C)cc(CN(C)CCC(=O)O)c(C)c1C. The number of benzene rings is 1. The number of aliphatic carboxylic acids is 1. The molecule has 4 heteroatoms. The molecule has 106 valence electrons. The molecule has 0 spiro atoms. The van der Waals surface area contributed by atoms with E-state index >= 15 is 0 Å². The molecule has 0 unspecified atom stereocenters. The Labute approximate surface area is 115 Å². The van der Waals surface area contributed by atoms with Crippen LogP contribution in [-0.4, -0.2) is 36.7 Å². The second-order valence-corrected chi connectivity index (χ2v) is 5.02. The van der Waals surface area contributed by atoms with Crippen molar-refractivity contribution in [2.24, 2.45) is 0 Å². The molecule has 0 atom stereocenters. The third kappa shape index (κ3) is 3.96. The minimum Gasteiger partial charge on any atom is -0.496 e. The highest BCUT2D eigenvalue weighted by Gasteiger charge is 2.12. The summed E-state index contributed by atoms with van der Waals surface area (Å²) in [6, 6.07) is 2.12. The third-order valence-electron chi connectivity index (χ3n) is 3.49. The number of carboxylic acid groups (broad SMARTS) is 1. The summed E-state index contributed by atoms with van der Waals surface area (Å²) in [6.07, 6.45) is 0.170. The number of ether oxygens (including phenoxy) is 1. The fourth-order valence-electron chi connectivity index (χ4n) is 2.28. The highest BCUT2D eigenvalue weighted by molar-refractivity contribution is 5.66. The number of carboxylic acids is 1. The number of methoxy groups -OCH3 is 1. The molecule has 19 heavy (non-hydrogen) atoms. The van der Waals surface area contributed by atoms with Gasteiger partial charge in [-0.15, -0.1) is 0 Å². The smallest absolute Gasteiger partial charge is 0.304 e. The Morgan fingerprint density at radius 1 is 1.32 bits per heavy atom. The summed E-state index contributed by atoms with van der Waals surface area (Å²) in [5.41, 5.74) is 4.71. The second-order valence-electron chi connectivity index (χ2n) is 5.02. The molecule has 1 N–H and O–H groups in total. The fourth-order valence-corrected chi connectivity index (χ4v) is 2.28. The third-order valence-corrected chi connectivity index (χ3v) is 3.49. The van der Waals surface area contributed by atoms with E-state index in [0.29, 0.717) is 6.54 Å². The van der Waals surface area contributed by atoms with Gasteiger partial charge in [-0.3, -0.25) is 4.79 Å². The van der Waals surface area contributed by atoms with Gasteiger partial charge in [0.25, 0.3) is 0 Å². The van der Waals surface area contributed by atoms with Gasteiger partial charge >= 0.3 is 5.97 Å². The Bertz CT molecular complexity index is 469. The predicted molar refractivity (Wildman–Crippen MR) is 75.8 cm³/mol. The van der Waals surface area contributed by atoms with Crippen LogP contribution in [0.2, 0.25) is 0 Å². The molecule has 0 amide bonds. The summed E-state index contributed by atoms with van der Waals surface area (Å²) in [7, 11) is 3.63. The molecule has 0 heterocycles. The van der Waals surface area contributed by atoms with E-state index in [1.165, 1.54) is 11.1 Å². The lowest BCUT2D eigenvalue weighted by Gasteiger charge is -2.20. The summed E-state index contributed by atoms with van der Waals surface area (Å²) in [6.45, 7) is 7.48. The van der Waals surface area contributed by atoms with Gasteiger partial charge in [-0.1, -0.05) is 6.07 Å². The quantitative estimate of drug-likeness (QED) is 0.858. The van der Waals surface area contributed by atoms with Crippen LogP contribution in [0.4, 0.5) is 0 Å². The molecule has 0 saturated heterocycles. The normalized spacial score (nSPS) is 10.8. The lowest BCUT2D eigenvalue weighted by Crippen LogP contribution is -2.22. The summed E-state index contributed by atoms with van der Waals surface area (Å²) >= 11 is 0. The number of hydrogen-bond acceptors (Lipinski definition) is 3. The maximum Gasteiger partial charge on any atom is 0.304 e. The molecule has 0 radical (unpaired) electrons. The van der Waals surface area contributed by atoms with E-state index in [1.54, 1.807) is 7.11 Å². The van der Waals surface area contributed by atoms with E-state index < -0.39 is 5.97 Å². The Morgan fingerprint density at radius 2 is 1.95 bits per heavy atom. The molecule has 0 aliphatic rings. The van der Waals surface area contributed by atoms with Gasteiger partial charge in [0.2, 0.25) is 0 Å². The maximum atomic E-state index is 10.6. The van der Waals surface area contributed by atoms with Crippen LogP contribution in [0.1, 0.15) is 28.7 Å². The van der Waals surface area contributed by atoms with Crippen LogP contribution in [0.3, 0.4) is 0 Å². The van der Waals surface area contributed by atoms with Gasteiger partial charge in [0.15, 0.2) is 0 Å². The first-order valence-corrected chi connectivity index (χ1v) is 6.40. The highest BCUT2D eigenvalue weighted by atomic mass is 16.5. The molecule has 0 fully saturated rings. The lowest BCUT2D eigenvalue weighted by atomic mass is 9.98. The first kappa shape index (κ1) is 15.5. The zero-order valence-corrected chi connectivity index (χ0v) is 12.4. The van der Waals surface area contributed by atoms with Gasteiger partial charge in [0.05, 0.1) is 13.5 Å². The van der Waals surface area contributed by atoms with Crippen molar-refractivity contribution in [3.05, 3.63) is 28.3 Å². The summed E-state index contributed by atoms with van der Waals surface area (Å²) in [5.74, 6) is 0.181. The minimum atomic E-state index is -0.759. The van der Waals surface area contributed by atoms with Crippen LogP contribution in [0, 0.1) is 20.8 Å². The second kappa shape index (κ2) is 6.57. The van der Waals surface area contributed by atoms with Gasteiger partial charge in [-0.2, -0.15) is 0 Å². The molecule has 0 aromatic heterocycles. The molecule has 1 aromatic carbocycles. The number of carbonyl (C=O) groups is 1. The highest BCUT2D eigenvalue weighted by Crippen LogP contribution is 2.29. The van der Waals surface area contributed by atoms with E-state index in [0.717, 1.165) is 23.4 Å². The average Bonchev–Trinajstić information content (AvgIpc) is 2.34.